The van der Waals surface area contributed by atoms with Crippen LogP contribution in [0.1, 0.15) is 296 Å². The van der Waals surface area contributed by atoms with Crippen molar-refractivity contribution in [1.29, 1.82) is 0 Å². The van der Waals surface area contributed by atoms with Crippen LogP contribution in [0.3, 0.4) is 0 Å². The van der Waals surface area contributed by atoms with Crippen molar-refractivity contribution in [2.75, 3.05) is 47.5 Å². The van der Waals surface area contributed by atoms with Gasteiger partial charge in [-0.15, -0.1) is 0 Å². The second-order valence-electron chi connectivity index (χ2n) is 24.5. The van der Waals surface area contributed by atoms with Crippen molar-refractivity contribution in [3.8, 4) is 0 Å². The third kappa shape index (κ3) is 67.3. The standard InChI is InChI=1S/C76H131NO8/c1-6-8-10-12-14-16-18-20-22-24-26-28-30-32-33-34-35-36-37-38-39-40-41-43-45-47-49-51-53-55-57-59-61-63-65-67-74(79)85-72(71-84-76(75(80)81)82-69-68-77(3,4)5)70-83-73(78)66-64-62-60-58-56-54-52-50-48-46-44-42-31-29-27-25-23-21-19-17-15-13-11-9-7-2/h8,10,14,16,20,22,26,28,32-33,35-36,38-39,41,43,47,49,72,76H,6-7,9,11-13,15,17-19,21,23-25,27,29-31,34,37,40,42,44-46,48,50-71H2,1-5H3/p+1/b10-8-,16-14-,22-20-,28-26-,33-32-,36-35-,39-38-,43-41-,49-47-. The van der Waals surface area contributed by atoms with E-state index in [1.807, 2.05) is 21.1 Å². The average molecular weight is 1190 g/mol. The predicted octanol–water partition coefficient (Wildman–Crippen LogP) is 21.8. The Bertz CT molecular complexity index is 1760. The number of likely N-dealkylation sites (N-methyl/N-ethyl adjacent to an activating group) is 1. The van der Waals surface area contributed by atoms with Crippen LogP contribution in [0.2, 0.25) is 0 Å². The van der Waals surface area contributed by atoms with Crippen LogP contribution >= 0.6 is 0 Å². The van der Waals surface area contributed by atoms with Gasteiger partial charge in [-0.1, -0.05) is 309 Å². The lowest BCUT2D eigenvalue weighted by molar-refractivity contribution is -0.870. The van der Waals surface area contributed by atoms with Crippen molar-refractivity contribution >= 4 is 17.9 Å². The van der Waals surface area contributed by atoms with Gasteiger partial charge in [0.25, 0.3) is 6.29 Å². The van der Waals surface area contributed by atoms with Gasteiger partial charge in [-0.25, -0.2) is 4.79 Å². The Balaban J connectivity index is 4.18. The van der Waals surface area contributed by atoms with E-state index in [1.165, 1.54) is 161 Å². The maximum atomic E-state index is 12.9. The molecule has 0 saturated heterocycles. The van der Waals surface area contributed by atoms with Crippen molar-refractivity contribution in [3.63, 3.8) is 0 Å². The number of rotatable bonds is 64. The summed E-state index contributed by atoms with van der Waals surface area (Å²) in [6, 6.07) is 0. The molecule has 1 N–H and O–H groups in total. The molecular weight excluding hydrogens is 1050 g/mol. The summed E-state index contributed by atoms with van der Waals surface area (Å²) in [5, 5.41) is 9.75. The van der Waals surface area contributed by atoms with Crippen molar-refractivity contribution < 1.29 is 42.9 Å². The molecule has 9 nitrogen and oxygen atoms in total. The van der Waals surface area contributed by atoms with Crippen molar-refractivity contribution in [2.24, 2.45) is 0 Å². The molecule has 0 aromatic rings. The topological polar surface area (TPSA) is 108 Å². The molecule has 0 radical (unpaired) electrons. The molecule has 0 aromatic carbocycles. The number of nitrogens with zero attached hydrogens (tertiary/aromatic N) is 1. The van der Waals surface area contributed by atoms with Gasteiger partial charge in [-0.2, -0.15) is 0 Å². The number of carbonyl (C=O) groups is 3. The van der Waals surface area contributed by atoms with Crippen LogP contribution in [0.15, 0.2) is 109 Å². The molecule has 2 unspecified atom stereocenters. The molecule has 0 aliphatic rings. The number of allylic oxidation sites excluding steroid dienone is 18. The smallest absolute Gasteiger partial charge is 0.361 e. The van der Waals surface area contributed by atoms with E-state index < -0.39 is 24.3 Å². The molecule has 0 fully saturated rings. The fourth-order valence-corrected chi connectivity index (χ4v) is 9.71. The second kappa shape index (κ2) is 65.9. The molecule has 0 bridgehead atoms. The normalized spacial score (nSPS) is 13.4. The van der Waals surface area contributed by atoms with Crippen LogP contribution in [-0.2, 0) is 33.3 Å². The quantitative estimate of drug-likeness (QED) is 0.0211. The minimum absolute atomic E-state index is 0.182. The van der Waals surface area contributed by atoms with Crippen LogP contribution in [0, 0.1) is 0 Å². The zero-order chi connectivity index (χ0) is 61.9. The van der Waals surface area contributed by atoms with E-state index in [0.717, 1.165) is 103 Å². The number of ether oxygens (including phenoxy) is 4. The first-order valence-electron chi connectivity index (χ1n) is 35.1. The first-order valence-corrected chi connectivity index (χ1v) is 35.1. The number of carboxylic acids is 1. The molecule has 0 saturated carbocycles. The summed E-state index contributed by atoms with van der Waals surface area (Å²) in [4.78, 5) is 37.6. The second-order valence-corrected chi connectivity index (χ2v) is 24.5. The SMILES string of the molecule is CC/C=C\C/C=C\C/C=C\C/C=C\C/C=C\C/C=C\C/C=C\C/C=C\C/C=C\CCCCCCCCCC(=O)OC(COC(=O)CCCCCCCCCCCCCCCCCCCCCCCCCCC)COC(OCC[N+](C)(C)C)C(=O)O. The molecule has 2 atom stereocenters. The van der Waals surface area contributed by atoms with Crippen LogP contribution in [0.25, 0.3) is 0 Å². The van der Waals surface area contributed by atoms with Crippen LogP contribution < -0.4 is 0 Å². The third-order valence-electron chi connectivity index (χ3n) is 15.0. The lowest BCUT2D eigenvalue weighted by atomic mass is 10.0. The number of aliphatic carboxylic acids is 1. The van der Waals surface area contributed by atoms with Crippen LogP contribution in [0.4, 0.5) is 0 Å². The number of esters is 2. The number of hydrogen-bond acceptors (Lipinski definition) is 7. The van der Waals surface area contributed by atoms with Gasteiger partial charge in [-0.3, -0.25) is 9.59 Å². The van der Waals surface area contributed by atoms with Gasteiger partial charge in [0.1, 0.15) is 13.2 Å². The summed E-state index contributed by atoms with van der Waals surface area (Å²) in [5.41, 5.74) is 0. The number of carboxylic acid groups (broad SMARTS) is 1. The van der Waals surface area contributed by atoms with Crippen molar-refractivity contribution in [2.45, 2.75) is 309 Å². The molecule has 0 aliphatic heterocycles. The van der Waals surface area contributed by atoms with Gasteiger partial charge in [0.15, 0.2) is 6.10 Å². The van der Waals surface area contributed by atoms with E-state index in [1.54, 1.807) is 0 Å². The molecular formula is C76H132NO8+. The highest BCUT2D eigenvalue weighted by Crippen LogP contribution is 2.18. The van der Waals surface area contributed by atoms with Gasteiger partial charge in [0, 0.05) is 12.8 Å². The molecule has 85 heavy (non-hydrogen) atoms. The monoisotopic (exact) mass is 1190 g/mol. The molecule has 0 spiro atoms. The van der Waals surface area contributed by atoms with Gasteiger partial charge >= 0.3 is 17.9 Å². The maximum Gasteiger partial charge on any atom is 0.361 e. The van der Waals surface area contributed by atoms with E-state index >= 15 is 0 Å². The van der Waals surface area contributed by atoms with E-state index in [9.17, 15) is 19.5 Å². The molecule has 0 aromatic heterocycles. The predicted molar refractivity (Wildman–Crippen MR) is 364 cm³/mol. The van der Waals surface area contributed by atoms with E-state index in [0.29, 0.717) is 23.9 Å². The first-order chi connectivity index (χ1) is 41.6. The van der Waals surface area contributed by atoms with Crippen molar-refractivity contribution in [1.82, 2.24) is 0 Å². The molecule has 488 valence electrons. The fraction of sp³-hybridized carbons (Fsp3) is 0.724. The van der Waals surface area contributed by atoms with Crippen LogP contribution in [-0.4, -0.2) is 87.4 Å². The fourth-order valence-electron chi connectivity index (χ4n) is 9.71. The zero-order valence-electron chi connectivity index (χ0n) is 55.7. The van der Waals surface area contributed by atoms with E-state index in [2.05, 4.69) is 123 Å². The Kier molecular flexibility index (Phi) is 62.8. The summed E-state index contributed by atoms with van der Waals surface area (Å²) in [5.74, 6) is -2.01. The Labute approximate surface area is 524 Å². The van der Waals surface area contributed by atoms with E-state index in [4.69, 9.17) is 18.9 Å². The highest BCUT2D eigenvalue weighted by atomic mass is 16.7. The molecule has 9 heteroatoms. The van der Waals surface area contributed by atoms with Crippen molar-refractivity contribution in [3.05, 3.63) is 109 Å². The summed E-state index contributed by atoms with van der Waals surface area (Å²) >= 11 is 0. The largest absolute Gasteiger partial charge is 0.477 e. The number of unbranched alkanes of at least 4 members (excludes halogenated alkanes) is 31. The summed E-state index contributed by atoms with van der Waals surface area (Å²) in [7, 11) is 5.97. The Morgan fingerprint density at radius 1 is 0.365 bits per heavy atom. The maximum absolute atomic E-state index is 12.9. The lowest BCUT2D eigenvalue weighted by Crippen LogP contribution is -2.40. The van der Waals surface area contributed by atoms with E-state index in [-0.39, 0.29) is 32.2 Å². The Morgan fingerprint density at radius 2 is 0.671 bits per heavy atom. The lowest BCUT2D eigenvalue weighted by Gasteiger charge is -2.25. The first kappa shape index (κ1) is 81.0. The number of quaternary nitrogens is 1. The van der Waals surface area contributed by atoms with Gasteiger partial charge in [-0.05, 0) is 83.5 Å². The van der Waals surface area contributed by atoms with Crippen LogP contribution in [0.5, 0.6) is 0 Å². The Morgan fingerprint density at radius 3 is 1.00 bits per heavy atom. The minimum atomic E-state index is -1.52. The molecule has 0 heterocycles. The summed E-state index contributed by atoms with van der Waals surface area (Å²) < 4.78 is 23.0. The van der Waals surface area contributed by atoms with Gasteiger partial charge < -0.3 is 28.5 Å². The molecule has 0 amide bonds. The highest BCUT2D eigenvalue weighted by molar-refractivity contribution is 5.71. The summed E-state index contributed by atoms with van der Waals surface area (Å²) in [6.45, 7) is 4.78. The summed E-state index contributed by atoms with van der Waals surface area (Å²) in [6.07, 6.45) is 89.1. The van der Waals surface area contributed by atoms with Gasteiger partial charge in [0.2, 0.25) is 0 Å². The minimum Gasteiger partial charge on any atom is -0.477 e. The zero-order valence-corrected chi connectivity index (χ0v) is 55.7. The van der Waals surface area contributed by atoms with Gasteiger partial charge in [0.05, 0.1) is 34.4 Å². The Hall–Kier alpha value is -4.05. The number of hydrogen-bond donors (Lipinski definition) is 1. The highest BCUT2D eigenvalue weighted by Gasteiger charge is 2.25. The third-order valence-corrected chi connectivity index (χ3v) is 15.0. The number of carbonyl (C=O) groups excluding carboxylic acids is 2. The molecule has 0 aliphatic carbocycles. The molecule has 0 rings (SSSR count). The average Bonchev–Trinajstić information content (AvgIpc) is 3.48.